The molecule has 1 heterocycles. The van der Waals surface area contributed by atoms with Gasteiger partial charge in [0, 0.05) is 5.02 Å². The standard InChI is InChI=1S/C12H15ClFNO/c1-12(4-6-15-7-5-12)16-11-3-2-9(13)8-10(11)14/h2-3,8,15H,4-7H2,1H3. The summed E-state index contributed by atoms with van der Waals surface area (Å²) >= 11 is 5.69. The van der Waals surface area contributed by atoms with Crippen molar-refractivity contribution in [3.8, 4) is 5.75 Å². The molecule has 1 N–H and O–H groups in total. The van der Waals surface area contributed by atoms with Gasteiger partial charge in [-0.3, -0.25) is 0 Å². The first kappa shape index (κ1) is 11.7. The Balaban J connectivity index is 2.13. The van der Waals surface area contributed by atoms with Gasteiger partial charge in [0.1, 0.15) is 5.60 Å². The molecule has 0 unspecified atom stereocenters. The summed E-state index contributed by atoms with van der Waals surface area (Å²) in [5, 5.41) is 3.64. The molecule has 1 aliphatic heterocycles. The maximum atomic E-state index is 13.6. The lowest BCUT2D eigenvalue weighted by Gasteiger charge is -2.34. The number of hydrogen-bond acceptors (Lipinski definition) is 2. The quantitative estimate of drug-likeness (QED) is 0.862. The van der Waals surface area contributed by atoms with E-state index in [1.54, 1.807) is 12.1 Å². The molecule has 2 nitrogen and oxygen atoms in total. The lowest BCUT2D eigenvalue weighted by molar-refractivity contribution is 0.0514. The molecule has 0 atom stereocenters. The second-order valence-corrected chi connectivity index (χ2v) is 4.81. The Labute approximate surface area is 99.7 Å². The van der Waals surface area contributed by atoms with Gasteiger partial charge >= 0.3 is 0 Å². The first-order chi connectivity index (χ1) is 7.59. The summed E-state index contributed by atoms with van der Waals surface area (Å²) < 4.78 is 19.3. The largest absolute Gasteiger partial charge is 0.484 e. The van der Waals surface area contributed by atoms with Crippen LogP contribution in [0.25, 0.3) is 0 Å². The first-order valence-electron chi connectivity index (χ1n) is 5.44. The predicted octanol–water partition coefficient (Wildman–Crippen LogP) is 3.00. The fourth-order valence-electron chi connectivity index (χ4n) is 1.88. The molecule has 1 fully saturated rings. The molecule has 0 aromatic heterocycles. The maximum Gasteiger partial charge on any atom is 0.166 e. The first-order valence-corrected chi connectivity index (χ1v) is 5.82. The van der Waals surface area contributed by atoms with Gasteiger partial charge in [0.25, 0.3) is 0 Å². The predicted molar refractivity (Wildman–Crippen MR) is 62.5 cm³/mol. The van der Waals surface area contributed by atoms with Crippen LogP contribution in [0.3, 0.4) is 0 Å². The number of piperidine rings is 1. The van der Waals surface area contributed by atoms with E-state index in [2.05, 4.69) is 5.32 Å². The fourth-order valence-corrected chi connectivity index (χ4v) is 2.04. The average Bonchev–Trinajstić information content (AvgIpc) is 2.23. The van der Waals surface area contributed by atoms with E-state index in [4.69, 9.17) is 16.3 Å². The highest BCUT2D eigenvalue weighted by Crippen LogP contribution is 2.29. The third-order valence-corrected chi connectivity index (χ3v) is 3.15. The molecular formula is C12H15ClFNO. The van der Waals surface area contributed by atoms with Gasteiger partial charge in [-0.1, -0.05) is 11.6 Å². The molecule has 0 radical (unpaired) electrons. The van der Waals surface area contributed by atoms with E-state index in [0.717, 1.165) is 25.9 Å². The van der Waals surface area contributed by atoms with Gasteiger partial charge in [-0.2, -0.15) is 0 Å². The van der Waals surface area contributed by atoms with E-state index in [-0.39, 0.29) is 11.4 Å². The lowest BCUT2D eigenvalue weighted by atomic mass is 9.94. The molecule has 2 rings (SSSR count). The Morgan fingerprint density at radius 1 is 1.38 bits per heavy atom. The number of nitrogens with one attached hydrogen (secondary N) is 1. The van der Waals surface area contributed by atoms with E-state index < -0.39 is 5.82 Å². The molecule has 4 heteroatoms. The average molecular weight is 244 g/mol. The van der Waals surface area contributed by atoms with Gasteiger partial charge in [0.05, 0.1) is 0 Å². The normalized spacial score (nSPS) is 19.4. The van der Waals surface area contributed by atoms with Crippen molar-refractivity contribution < 1.29 is 9.13 Å². The van der Waals surface area contributed by atoms with E-state index in [1.165, 1.54) is 6.07 Å². The van der Waals surface area contributed by atoms with Crippen LogP contribution in [0.5, 0.6) is 5.75 Å². The maximum absolute atomic E-state index is 13.6. The zero-order valence-corrected chi connectivity index (χ0v) is 9.98. The smallest absolute Gasteiger partial charge is 0.166 e. The molecule has 0 spiro atoms. The summed E-state index contributed by atoms with van der Waals surface area (Å²) in [6, 6.07) is 4.51. The Bertz CT molecular complexity index is 377. The van der Waals surface area contributed by atoms with Crippen LogP contribution in [0.4, 0.5) is 4.39 Å². The minimum atomic E-state index is -0.396. The van der Waals surface area contributed by atoms with Crippen molar-refractivity contribution >= 4 is 11.6 Å². The van der Waals surface area contributed by atoms with E-state index in [0.29, 0.717) is 5.02 Å². The number of hydrogen-bond donors (Lipinski definition) is 1. The molecular weight excluding hydrogens is 229 g/mol. The summed E-state index contributed by atoms with van der Waals surface area (Å²) in [5.41, 5.74) is -0.278. The van der Waals surface area contributed by atoms with Gasteiger partial charge in [0.2, 0.25) is 0 Å². The van der Waals surface area contributed by atoms with Crippen molar-refractivity contribution in [1.82, 2.24) is 5.32 Å². The van der Waals surface area contributed by atoms with Crippen LogP contribution in [-0.4, -0.2) is 18.7 Å². The van der Waals surface area contributed by atoms with Crippen molar-refractivity contribution in [2.75, 3.05) is 13.1 Å². The van der Waals surface area contributed by atoms with Gasteiger partial charge in [-0.15, -0.1) is 0 Å². The Morgan fingerprint density at radius 2 is 2.06 bits per heavy atom. The van der Waals surface area contributed by atoms with Crippen LogP contribution < -0.4 is 10.1 Å². The summed E-state index contributed by atoms with van der Waals surface area (Å²) in [6.45, 7) is 3.83. The van der Waals surface area contributed by atoms with E-state index in [1.807, 2.05) is 6.92 Å². The number of halogens is 2. The Morgan fingerprint density at radius 3 is 2.69 bits per heavy atom. The second-order valence-electron chi connectivity index (χ2n) is 4.38. The van der Waals surface area contributed by atoms with Crippen LogP contribution in [0.15, 0.2) is 18.2 Å². The molecule has 88 valence electrons. The SMILES string of the molecule is CC1(Oc2ccc(Cl)cc2F)CCNCC1. The van der Waals surface area contributed by atoms with Crippen molar-refractivity contribution in [3.05, 3.63) is 29.0 Å². The highest BCUT2D eigenvalue weighted by atomic mass is 35.5. The molecule has 1 saturated heterocycles. The fraction of sp³-hybridized carbons (Fsp3) is 0.500. The van der Waals surface area contributed by atoms with Gasteiger partial charge in [-0.25, -0.2) is 4.39 Å². The molecule has 0 amide bonds. The van der Waals surface area contributed by atoms with Crippen molar-refractivity contribution in [3.63, 3.8) is 0 Å². The molecule has 16 heavy (non-hydrogen) atoms. The summed E-state index contributed by atoms with van der Waals surface area (Å²) in [4.78, 5) is 0. The summed E-state index contributed by atoms with van der Waals surface area (Å²) in [7, 11) is 0. The Kier molecular flexibility index (Phi) is 3.36. The van der Waals surface area contributed by atoms with Crippen LogP contribution in [0, 0.1) is 5.82 Å². The lowest BCUT2D eigenvalue weighted by Crippen LogP contribution is -2.44. The summed E-state index contributed by atoms with van der Waals surface area (Å²) in [6.07, 6.45) is 1.77. The van der Waals surface area contributed by atoms with E-state index in [9.17, 15) is 4.39 Å². The highest BCUT2D eigenvalue weighted by Gasteiger charge is 2.29. The summed E-state index contributed by atoms with van der Waals surface area (Å²) in [5.74, 6) is -0.110. The number of benzene rings is 1. The Hall–Kier alpha value is -0.800. The topological polar surface area (TPSA) is 21.3 Å². The third-order valence-electron chi connectivity index (χ3n) is 2.91. The second kappa shape index (κ2) is 4.60. The van der Waals surface area contributed by atoms with Crippen molar-refractivity contribution in [2.45, 2.75) is 25.4 Å². The highest BCUT2D eigenvalue weighted by molar-refractivity contribution is 6.30. The van der Waals surface area contributed by atoms with Gasteiger partial charge in [-0.05, 0) is 51.1 Å². The molecule has 1 aliphatic rings. The van der Waals surface area contributed by atoms with Crippen molar-refractivity contribution in [1.29, 1.82) is 0 Å². The molecule has 0 saturated carbocycles. The third kappa shape index (κ3) is 2.66. The number of rotatable bonds is 2. The van der Waals surface area contributed by atoms with Crippen LogP contribution in [0.2, 0.25) is 5.02 Å². The molecule has 0 aliphatic carbocycles. The molecule has 0 bridgehead atoms. The zero-order valence-electron chi connectivity index (χ0n) is 9.22. The molecule has 1 aromatic carbocycles. The minimum absolute atomic E-state index is 0.278. The van der Waals surface area contributed by atoms with Crippen LogP contribution in [0.1, 0.15) is 19.8 Å². The van der Waals surface area contributed by atoms with Crippen LogP contribution >= 0.6 is 11.6 Å². The van der Waals surface area contributed by atoms with E-state index >= 15 is 0 Å². The minimum Gasteiger partial charge on any atom is -0.484 e. The van der Waals surface area contributed by atoms with Crippen molar-refractivity contribution in [2.24, 2.45) is 0 Å². The monoisotopic (exact) mass is 243 g/mol. The molecule has 1 aromatic rings. The number of ether oxygens (including phenoxy) is 1. The van der Waals surface area contributed by atoms with Gasteiger partial charge in [0.15, 0.2) is 11.6 Å². The van der Waals surface area contributed by atoms with Crippen LogP contribution in [-0.2, 0) is 0 Å². The zero-order chi connectivity index (χ0) is 11.6. The van der Waals surface area contributed by atoms with Gasteiger partial charge < -0.3 is 10.1 Å².